The molecule has 0 bridgehead atoms. The van der Waals surface area contributed by atoms with E-state index in [1.54, 1.807) is 60.7 Å². The molecule has 0 amide bonds. The van der Waals surface area contributed by atoms with Crippen LogP contribution in [-0.4, -0.2) is 40.9 Å². The molecule has 0 aliphatic rings. The Hall–Kier alpha value is -2.50. The van der Waals surface area contributed by atoms with Gasteiger partial charge in [0, 0.05) is 0 Å². The van der Waals surface area contributed by atoms with Gasteiger partial charge in [-0.05, 0) is 72.5 Å². The minimum Gasteiger partial charge on any atom is -0.548 e. The summed E-state index contributed by atoms with van der Waals surface area (Å²) in [5, 5.41) is 22.3. The number of halogens is 2. The Bertz CT molecular complexity index is 1630. The van der Waals surface area contributed by atoms with Crippen LogP contribution in [0.1, 0.15) is 11.1 Å². The SMILES string of the molecule is O=C([O-])[C@@H](Cc1ccccc1)NS(=O)(=O)c1ccc(F)cc1.O=C([O-])[C@@H](Cc1ccccc1)NS(=O)(=O)c1ccc(F)cc1.[Na+].[Na+]. The van der Waals surface area contributed by atoms with Crippen LogP contribution in [0.4, 0.5) is 8.78 Å². The second kappa shape index (κ2) is 19.4. The number of sulfonamides is 2. The van der Waals surface area contributed by atoms with Crippen LogP contribution in [0.25, 0.3) is 0 Å². The Morgan fingerprint density at radius 2 is 0.826 bits per heavy atom. The van der Waals surface area contributed by atoms with E-state index in [1.807, 2.05) is 0 Å². The van der Waals surface area contributed by atoms with Crippen LogP contribution >= 0.6 is 0 Å². The molecular weight excluding hydrogens is 664 g/mol. The number of carboxylic acid groups (broad SMARTS) is 2. The zero-order valence-corrected chi connectivity index (χ0v) is 30.4. The first kappa shape index (κ1) is 41.5. The molecule has 2 N–H and O–H groups in total. The summed E-state index contributed by atoms with van der Waals surface area (Å²) in [5.41, 5.74) is 1.30. The van der Waals surface area contributed by atoms with E-state index in [4.69, 9.17) is 0 Å². The summed E-state index contributed by atoms with van der Waals surface area (Å²) in [7, 11) is -8.16. The van der Waals surface area contributed by atoms with E-state index in [2.05, 4.69) is 9.44 Å². The van der Waals surface area contributed by atoms with Gasteiger partial charge in [0.05, 0.1) is 33.8 Å². The molecule has 0 fully saturated rings. The zero-order valence-electron chi connectivity index (χ0n) is 24.8. The maximum atomic E-state index is 12.8. The molecule has 0 saturated carbocycles. The van der Waals surface area contributed by atoms with Crippen LogP contribution < -0.4 is 78.8 Å². The quantitative estimate of drug-likeness (QED) is 0.139. The fourth-order valence-electron chi connectivity index (χ4n) is 3.78. The number of rotatable bonds is 12. The number of carbonyl (C=O) groups is 2. The molecule has 4 aromatic carbocycles. The summed E-state index contributed by atoms with van der Waals surface area (Å²) >= 11 is 0. The fraction of sp³-hybridized carbons (Fsp3) is 0.133. The average Bonchev–Trinajstić information content (AvgIpc) is 2.98. The summed E-state index contributed by atoms with van der Waals surface area (Å²) in [6, 6.07) is 22.5. The molecular formula is C30H26F2N2Na2O8S2. The minimum absolute atomic E-state index is 0. The van der Waals surface area contributed by atoms with Crippen molar-refractivity contribution in [1.29, 1.82) is 0 Å². The van der Waals surface area contributed by atoms with Gasteiger partial charge in [0.1, 0.15) is 11.6 Å². The second-order valence-electron chi connectivity index (χ2n) is 9.27. The van der Waals surface area contributed by atoms with Gasteiger partial charge in [-0.1, -0.05) is 60.7 Å². The number of hydrogen-bond donors (Lipinski definition) is 2. The van der Waals surface area contributed by atoms with Crippen molar-refractivity contribution in [3.8, 4) is 0 Å². The summed E-state index contributed by atoms with van der Waals surface area (Å²) in [5.74, 6) is -4.23. The second-order valence-corrected chi connectivity index (χ2v) is 12.7. The van der Waals surface area contributed by atoms with Crippen LogP contribution in [0, 0.1) is 11.6 Å². The van der Waals surface area contributed by atoms with Gasteiger partial charge in [0.2, 0.25) is 20.0 Å². The van der Waals surface area contributed by atoms with Gasteiger partial charge in [-0.25, -0.2) is 35.1 Å². The third-order valence-electron chi connectivity index (χ3n) is 5.98. The van der Waals surface area contributed by atoms with Gasteiger partial charge in [0.25, 0.3) is 0 Å². The number of carboxylic acids is 2. The van der Waals surface area contributed by atoms with Crippen molar-refractivity contribution in [3.05, 3.63) is 132 Å². The van der Waals surface area contributed by atoms with Crippen molar-refractivity contribution < 1.29 is 105 Å². The van der Waals surface area contributed by atoms with Crippen molar-refractivity contribution in [1.82, 2.24) is 9.44 Å². The van der Waals surface area contributed by atoms with E-state index >= 15 is 0 Å². The van der Waals surface area contributed by atoms with Gasteiger partial charge in [-0.15, -0.1) is 0 Å². The molecule has 46 heavy (non-hydrogen) atoms. The number of hydrogen-bond acceptors (Lipinski definition) is 8. The predicted octanol–water partition coefficient (Wildman–Crippen LogP) is -5.06. The van der Waals surface area contributed by atoms with E-state index in [-0.39, 0.29) is 81.7 Å². The molecule has 0 heterocycles. The third kappa shape index (κ3) is 13.3. The molecule has 2 atom stereocenters. The summed E-state index contributed by atoms with van der Waals surface area (Å²) < 4.78 is 78.3. The van der Waals surface area contributed by atoms with Crippen LogP contribution in [-0.2, 0) is 42.5 Å². The molecule has 10 nitrogen and oxygen atoms in total. The molecule has 232 valence electrons. The van der Waals surface area contributed by atoms with Gasteiger partial charge in [-0.3, -0.25) is 0 Å². The standard InChI is InChI=1S/2C15H14FNO4S.2Na/c2*16-12-6-8-13(9-7-12)22(20,21)17-14(15(18)19)10-11-4-2-1-3-5-11;;/h2*1-9,14,17H,10H2,(H,18,19);;/q;;2*+1/p-2/t2*14-;;/m11../s1. The summed E-state index contributed by atoms with van der Waals surface area (Å²) in [6.07, 6.45) is -0.104. The van der Waals surface area contributed by atoms with Crippen molar-refractivity contribution in [2.45, 2.75) is 34.7 Å². The topological polar surface area (TPSA) is 173 Å². The molecule has 0 radical (unpaired) electrons. The fourth-order valence-corrected chi connectivity index (χ4v) is 6.15. The van der Waals surface area contributed by atoms with Crippen molar-refractivity contribution in [2.75, 3.05) is 0 Å². The maximum Gasteiger partial charge on any atom is 1.00 e. The monoisotopic (exact) mass is 690 g/mol. The van der Waals surface area contributed by atoms with E-state index < -0.39 is 55.7 Å². The molecule has 4 rings (SSSR count). The first-order valence-electron chi connectivity index (χ1n) is 12.8. The van der Waals surface area contributed by atoms with Crippen LogP contribution in [0.15, 0.2) is 119 Å². The average molecular weight is 691 g/mol. The number of aliphatic carboxylic acids is 2. The summed E-state index contributed by atoms with van der Waals surface area (Å²) in [4.78, 5) is 21.9. The molecule has 0 spiro atoms. The Morgan fingerprint density at radius 3 is 1.09 bits per heavy atom. The molecule has 16 heteroatoms. The van der Waals surface area contributed by atoms with E-state index in [1.165, 1.54) is 0 Å². The van der Waals surface area contributed by atoms with Crippen molar-refractivity contribution in [3.63, 3.8) is 0 Å². The molecule has 4 aromatic rings. The van der Waals surface area contributed by atoms with Gasteiger partial charge < -0.3 is 19.8 Å². The molecule has 0 saturated heterocycles. The number of nitrogens with one attached hydrogen (secondary N) is 2. The van der Waals surface area contributed by atoms with Crippen LogP contribution in [0.3, 0.4) is 0 Å². The smallest absolute Gasteiger partial charge is 0.548 e. The van der Waals surface area contributed by atoms with E-state index in [0.29, 0.717) is 11.1 Å². The Balaban J connectivity index is 0.000000441. The molecule has 0 aliphatic heterocycles. The first-order chi connectivity index (χ1) is 20.8. The van der Waals surface area contributed by atoms with E-state index in [9.17, 15) is 45.4 Å². The molecule has 0 unspecified atom stereocenters. The Morgan fingerprint density at radius 1 is 0.543 bits per heavy atom. The predicted molar refractivity (Wildman–Crippen MR) is 151 cm³/mol. The maximum absolute atomic E-state index is 12.8. The van der Waals surface area contributed by atoms with Crippen molar-refractivity contribution >= 4 is 32.0 Å². The van der Waals surface area contributed by atoms with Gasteiger partial charge in [0.15, 0.2) is 0 Å². The van der Waals surface area contributed by atoms with Crippen LogP contribution in [0.5, 0.6) is 0 Å². The van der Waals surface area contributed by atoms with E-state index in [0.717, 1.165) is 48.5 Å². The zero-order chi connectivity index (χ0) is 32.3. The van der Waals surface area contributed by atoms with Gasteiger partial charge in [-0.2, -0.15) is 0 Å². The number of benzene rings is 4. The van der Waals surface area contributed by atoms with Crippen molar-refractivity contribution in [2.24, 2.45) is 0 Å². The summed E-state index contributed by atoms with van der Waals surface area (Å²) in [6.45, 7) is 0. The Labute approximate surface area is 309 Å². The minimum atomic E-state index is -4.08. The van der Waals surface area contributed by atoms with Crippen LogP contribution in [0.2, 0.25) is 0 Å². The largest absolute Gasteiger partial charge is 1.00 e. The third-order valence-corrected chi connectivity index (χ3v) is 8.95. The molecule has 0 aromatic heterocycles. The Kier molecular flexibility index (Phi) is 17.5. The normalized spacial score (nSPS) is 12.2. The first-order valence-corrected chi connectivity index (χ1v) is 15.8. The molecule has 0 aliphatic carbocycles. The van der Waals surface area contributed by atoms with Gasteiger partial charge >= 0.3 is 59.1 Å². The number of carbonyl (C=O) groups excluding carboxylic acids is 2.